The number of hydrogen-bond acceptors (Lipinski definition) is 3. The number of rotatable bonds is 2. The Morgan fingerprint density at radius 1 is 1.44 bits per heavy atom. The average Bonchev–Trinajstić information content (AvgIpc) is 2.92. The summed E-state index contributed by atoms with van der Waals surface area (Å²) in [6.07, 6.45) is 3.46. The number of para-hydroxylation sites is 1. The van der Waals surface area contributed by atoms with E-state index in [4.69, 9.17) is 22.1 Å². The van der Waals surface area contributed by atoms with E-state index in [0.717, 1.165) is 30.3 Å². The van der Waals surface area contributed by atoms with Gasteiger partial charge in [0.2, 0.25) is 5.95 Å². The van der Waals surface area contributed by atoms with Gasteiger partial charge in [-0.3, -0.25) is 0 Å². The smallest absolute Gasteiger partial charge is 0.201 e. The fourth-order valence-electron chi connectivity index (χ4n) is 2.94. The largest absolute Gasteiger partial charge is 0.379 e. The van der Waals surface area contributed by atoms with Crippen molar-refractivity contribution in [2.45, 2.75) is 31.4 Å². The van der Waals surface area contributed by atoms with Crippen LogP contribution in [0, 0.1) is 0 Å². The van der Waals surface area contributed by atoms with E-state index in [1.807, 2.05) is 22.8 Å². The standard InChI is InChI=1S/C13H16ClN3O/c1-18-11-7-3-6-10(11)17-12-8(14)4-2-5-9(12)16-13(17)15/h2,4-5,10-11H,3,6-7H2,1H3,(H2,15,16). The van der Waals surface area contributed by atoms with Crippen LogP contribution >= 0.6 is 11.6 Å². The molecule has 1 fully saturated rings. The molecule has 18 heavy (non-hydrogen) atoms. The lowest BCUT2D eigenvalue weighted by Gasteiger charge is -2.21. The summed E-state index contributed by atoms with van der Waals surface area (Å²) in [4.78, 5) is 4.39. The predicted octanol–water partition coefficient (Wildman–Crippen LogP) is 3.01. The van der Waals surface area contributed by atoms with Crippen LogP contribution in [0.3, 0.4) is 0 Å². The van der Waals surface area contributed by atoms with E-state index >= 15 is 0 Å². The number of halogens is 1. The highest BCUT2D eigenvalue weighted by Gasteiger charge is 2.31. The highest BCUT2D eigenvalue weighted by Crippen LogP contribution is 2.38. The first-order chi connectivity index (χ1) is 8.72. The second-order valence-corrected chi connectivity index (χ2v) is 5.13. The number of nitrogen functional groups attached to an aromatic ring is 1. The van der Waals surface area contributed by atoms with E-state index < -0.39 is 0 Å². The van der Waals surface area contributed by atoms with Gasteiger partial charge in [-0.25, -0.2) is 4.98 Å². The molecule has 96 valence electrons. The highest BCUT2D eigenvalue weighted by molar-refractivity contribution is 6.35. The van der Waals surface area contributed by atoms with Gasteiger partial charge in [0.1, 0.15) is 0 Å². The Morgan fingerprint density at radius 2 is 2.28 bits per heavy atom. The van der Waals surface area contributed by atoms with Crippen molar-refractivity contribution in [3.8, 4) is 0 Å². The number of methoxy groups -OCH3 is 1. The number of nitrogens with two attached hydrogens (primary N) is 1. The molecule has 1 aromatic heterocycles. The minimum absolute atomic E-state index is 0.195. The van der Waals surface area contributed by atoms with Crippen molar-refractivity contribution in [1.82, 2.24) is 9.55 Å². The van der Waals surface area contributed by atoms with Crippen LogP contribution in [-0.2, 0) is 4.74 Å². The summed E-state index contributed by atoms with van der Waals surface area (Å²) >= 11 is 6.29. The fraction of sp³-hybridized carbons (Fsp3) is 0.462. The molecule has 1 heterocycles. The summed E-state index contributed by atoms with van der Waals surface area (Å²) in [5.74, 6) is 0.520. The van der Waals surface area contributed by atoms with Gasteiger partial charge in [-0.05, 0) is 31.4 Å². The van der Waals surface area contributed by atoms with Gasteiger partial charge in [0, 0.05) is 7.11 Å². The minimum atomic E-state index is 0.195. The molecule has 2 atom stereocenters. The molecule has 0 spiro atoms. The summed E-state index contributed by atoms with van der Waals surface area (Å²) < 4.78 is 7.58. The average molecular weight is 266 g/mol. The van der Waals surface area contributed by atoms with Crippen LogP contribution in [0.4, 0.5) is 5.95 Å². The molecule has 0 bridgehead atoms. The lowest BCUT2D eigenvalue weighted by Crippen LogP contribution is -2.21. The molecule has 0 amide bonds. The summed E-state index contributed by atoms with van der Waals surface area (Å²) in [6, 6.07) is 5.94. The van der Waals surface area contributed by atoms with Crippen molar-refractivity contribution in [2.75, 3.05) is 12.8 Å². The Balaban J connectivity index is 2.19. The van der Waals surface area contributed by atoms with Crippen molar-refractivity contribution in [2.24, 2.45) is 0 Å². The van der Waals surface area contributed by atoms with Gasteiger partial charge in [0.05, 0.1) is 28.2 Å². The van der Waals surface area contributed by atoms with Crippen LogP contribution in [0.1, 0.15) is 25.3 Å². The van der Waals surface area contributed by atoms with E-state index in [9.17, 15) is 0 Å². The molecule has 1 aliphatic rings. The maximum absolute atomic E-state index is 6.29. The second kappa shape index (κ2) is 4.44. The topological polar surface area (TPSA) is 53.1 Å². The van der Waals surface area contributed by atoms with Gasteiger partial charge in [0.25, 0.3) is 0 Å². The molecule has 0 saturated heterocycles. The molecular formula is C13H16ClN3O. The molecule has 5 heteroatoms. The van der Waals surface area contributed by atoms with E-state index in [0.29, 0.717) is 11.0 Å². The van der Waals surface area contributed by atoms with E-state index in [-0.39, 0.29) is 12.1 Å². The van der Waals surface area contributed by atoms with Crippen molar-refractivity contribution >= 4 is 28.6 Å². The fourth-order valence-corrected chi connectivity index (χ4v) is 3.20. The van der Waals surface area contributed by atoms with Crippen LogP contribution in [0.25, 0.3) is 11.0 Å². The Labute approximate surface area is 111 Å². The molecule has 2 unspecified atom stereocenters. The molecule has 2 N–H and O–H groups in total. The number of nitrogens with zero attached hydrogens (tertiary/aromatic N) is 2. The predicted molar refractivity (Wildman–Crippen MR) is 72.8 cm³/mol. The lowest BCUT2D eigenvalue weighted by molar-refractivity contribution is 0.0768. The molecule has 4 nitrogen and oxygen atoms in total. The first kappa shape index (κ1) is 11.8. The molecule has 0 aliphatic heterocycles. The Bertz CT molecular complexity index is 581. The van der Waals surface area contributed by atoms with Gasteiger partial charge in [-0.1, -0.05) is 17.7 Å². The number of ether oxygens (including phenoxy) is 1. The second-order valence-electron chi connectivity index (χ2n) is 4.72. The van der Waals surface area contributed by atoms with Crippen molar-refractivity contribution in [3.05, 3.63) is 23.2 Å². The van der Waals surface area contributed by atoms with Gasteiger partial charge in [-0.15, -0.1) is 0 Å². The normalized spacial score (nSPS) is 23.9. The van der Waals surface area contributed by atoms with Crippen molar-refractivity contribution in [1.29, 1.82) is 0 Å². The van der Waals surface area contributed by atoms with Crippen molar-refractivity contribution in [3.63, 3.8) is 0 Å². The number of fused-ring (bicyclic) bond motifs is 1. The van der Waals surface area contributed by atoms with Gasteiger partial charge < -0.3 is 15.0 Å². The maximum Gasteiger partial charge on any atom is 0.201 e. The third-order valence-electron chi connectivity index (χ3n) is 3.74. The quantitative estimate of drug-likeness (QED) is 0.908. The van der Waals surface area contributed by atoms with Gasteiger partial charge in [-0.2, -0.15) is 0 Å². The number of hydrogen-bond donors (Lipinski definition) is 1. The zero-order valence-electron chi connectivity index (χ0n) is 10.3. The third-order valence-corrected chi connectivity index (χ3v) is 4.05. The monoisotopic (exact) mass is 265 g/mol. The first-order valence-corrected chi connectivity index (χ1v) is 6.55. The molecule has 0 radical (unpaired) electrons. The molecule has 1 aromatic carbocycles. The van der Waals surface area contributed by atoms with Crippen LogP contribution in [0.2, 0.25) is 5.02 Å². The SMILES string of the molecule is COC1CCCC1n1c(N)nc2cccc(Cl)c21. The zero-order chi connectivity index (χ0) is 12.7. The van der Waals surface area contributed by atoms with Crippen molar-refractivity contribution < 1.29 is 4.74 Å². The van der Waals surface area contributed by atoms with E-state index in [1.54, 1.807) is 7.11 Å². The number of imidazole rings is 1. The molecule has 2 aromatic rings. The van der Waals surface area contributed by atoms with Crippen LogP contribution in [-0.4, -0.2) is 22.8 Å². The van der Waals surface area contributed by atoms with Gasteiger partial charge >= 0.3 is 0 Å². The van der Waals surface area contributed by atoms with Crippen LogP contribution in [0.15, 0.2) is 18.2 Å². The highest BCUT2D eigenvalue weighted by atomic mass is 35.5. The van der Waals surface area contributed by atoms with Crippen LogP contribution < -0.4 is 5.73 Å². The molecule has 1 aliphatic carbocycles. The van der Waals surface area contributed by atoms with E-state index in [2.05, 4.69) is 4.98 Å². The molecule has 1 saturated carbocycles. The Kier molecular flexibility index (Phi) is 2.92. The number of benzene rings is 1. The molecular weight excluding hydrogens is 250 g/mol. The summed E-state index contributed by atoms with van der Waals surface area (Å²) in [6.45, 7) is 0. The number of aromatic nitrogens is 2. The minimum Gasteiger partial charge on any atom is -0.379 e. The number of anilines is 1. The summed E-state index contributed by atoms with van der Waals surface area (Å²) in [5.41, 5.74) is 7.83. The Morgan fingerprint density at radius 3 is 3.06 bits per heavy atom. The van der Waals surface area contributed by atoms with Gasteiger partial charge in [0.15, 0.2) is 0 Å². The first-order valence-electron chi connectivity index (χ1n) is 6.17. The van der Waals surface area contributed by atoms with Crippen LogP contribution in [0.5, 0.6) is 0 Å². The third kappa shape index (κ3) is 1.68. The lowest BCUT2D eigenvalue weighted by atomic mass is 10.2. The summed E-state index contributed by atoms with van der Waals surface area (Å²) in [7, 11) is 1.75. The Hall–Kier alpha value is -1.26. The summed E-state index contributed by atoms with van der Waals surface area (Å²) in [5, 5.41) is 0.693. The molecule has 3 rings (SSSR count). The maximum atomic E-state index is 6.29. The zero-order valence-corrected chi connectivity index (χ0v) is 11.0. The van der Waals surface area contributed by atoms with E-state index in [1.165, 1.54) is 0 Å².